The van der Waals surface area contributed by atoms with Crippen molar-refractivity contribution in [3.63, 3.8) is 0 Å². The fourth-order valence-corrected chi connectivity index (χ4v) is 2.82. The Labute approximate surface area is 82.2 Å². The second-order valence-corrected chi connectivity index (χ2v) is 4.63. The quantitative estimate of drug-likeness (QED) is 0.442. The minimum Gasteiger partial charge on any atom is -0.391 e. The molecule has 1 aliphatic heterocycles. The molecule has 2 unspecified atom stereocenters. The van der Waals surface area contributed by atoms with E-state index in [-0.39, 0.29) is 11.9 Å². The third-order valence-electron chi connectivity index (χ3n) is 3.63. The van der Waals surface area contributed by atoms with Gasteiger partial charge in [0.1, 0.15) is 0 Å². The molecule has 1 saturated heterocycles. The Kier molecular flexibility index (Phi) is 1.68. The lowest BCUT2D eigenvalue weighted by Crippen LogP contribution is -2.47. The molecule has 0 bridgehead atoms. The van der Waals surface area contributed by atoms with E-state index in [1.165, 1.54) is 19.3 Å². The predicted molar refractivity (Wildman–Crippen MR) is 47.3 cm³/mol. The lowest BCUT2D eigenvalue weighted by atomic mass is 10.1. The van der Waals surface area contributed by atoms with Crippen LogP contribution in [0.2, 0.25) is 0 Å². The molecule has 14 heavy (non-hydrogen) atoms. The van der Waals surface area contributed by atoms with Gasteiger partial charge >= 0.3 is 11.9 Å². The van der Waals surface area contributed by atoms with Crippen molar-refractivity contribution in [2.45, 2.75) is 25.3 Å². The van der Waals surface area contributed by atoms with Gasteiger partial charge in [0.2, 0.25) is 0 Å². The number of esters is 2. The summed E-state index contributed by atoms with van der Waals surface area (Å²) in [5, 5.41) is 0. The molecule has 0 radical (unpaired) electrons. The van der Waals surface area contributed by atoms with Gasteiger partial charge in [-0.3, -0.25) is 14.5 Å². The van der Waals surface area contributed by atoms with Gasteiger partial charge in [-0.05, 0) is 31.1 Å². The molecule has 3 rings (SSSR count). The highest BCUT2D eigenvalue weighted by molar-refractivity contribution is 5.90. The average Bonchev–Trinajstić information content (AvgIpc) is 2.72. The predicted octanol–water partition coefficient (Wildman–Crippen LogP) is 0.170. The molecule has 0 N–H and O–H groups in total. The number of cyclic esters (lactones) is 2. The summed E-state index contributed by atoms with van der Waals surface area (Å²) in [5.74, 6) is 0.991. The highest BCUT2D eigenvalue weighted by Crippen LogP contribution is 2.53. The summed E-state index contributed by atoms with van der Waals surface area (Å²) in [7, 11) is 0. The first-order valence-electron chi connectivity index (χ1n) is 5.20. The maximum Gasteiger partial charge on any atom is 0.327 e. The number of carbonyl (C=O) groups is 2. The Bertz CT molecular complexity index is 276. The molecule has 0 aromatic rings. The summed E-state index contributed by atoms with van der Waals surface area (Å²) in [5.41, 5.74) is 0. The molecule has 0 aromatic heterocycles. The maximum atomic E-state index is 11.0. The maximum absolute atomic E-state index is 11.0. The fraction of sp³-hybridized carbons (Fsp3) is 0.800. The number of hydrogen-bond acceptors (Lipinski definition) is 4. The molecule has 2 atom stereocenters. The number of fused-ring (bicyclic) bond motifs is 1. The van der Waals surface area contributed by atoms with Crippen LogP contribution in [0.3, 0.4) is 0 Å². The number of rotatable bonds is 1. The summed E-state index contributed by atoms with van der Waals surface area (Å²) in [4.78, 5) is 24.1. The zero-order valence-corrected chi connectivity index (χ0v) is 7.94. The second kappa shape index (κ2) is 2.79. The van der Waals surface area contributed by atoms with Crippen molar-refractivity contribution in [1.82, 2.24) is 4.90 Å². The molecular formula is C10H13NO3. The molecule has 4 heteroatoms. The molecule has 76 valence electrons. The summed E-state index contributed by atoms with van der Waals surface area (Å²) in [6.07, 6.45) is 3.71. The zero-order valence-electron chi connectivity index (χ0n) is 7.94. The normalized spacial score (nSPS) is 42.1. The van der Waals surface area contributed by atoms with Crippen molar-refractivity contribution >= 4 is 11.9 Å². The van der Waals surface area contributed by atoms with Crippen molar-refractivity contribution in [2.75, 3.05) is 13.1 Å². The van der Waals surface area contributed by atoms with Crippen LogP contribution in [0, 0.1) is 11.8 Å². The third-order valence-corrected chi connectivity index (χ3v) is 3.63. The molecule has 2 aliphatic carbocycles. The average molecular weight is 195 g/mol. The third kappa shape index (κ3) is 1.34. The van der Waals surface area contributed by atoms with Crippen LogP contribution < -0.4 is 0 Å². The monoisotopic (exact) mass is 195 g/mol. The Morgan fingerprint density at radius 2 is 1.57 bits per heavy atom. The Morgan fingerprint density at radius 3 is 2.14 bits per heavy atom. The van der Waals surface area contributed by atoms with Gasteiger partial charge in [-0.25, -0.2) is 0 Å². The molecule has 3 fully saturated rings. The van der Waals surface area contributed by atoms with E-state index in [0.717, 1.165) is 11.8 Å². The van der Waals surface area contributed by atoms with Crippen molar-refractivity contribution in [3.05, 3.63) is 0 Å². The van der Waals surface area contributed by atoms with E-state index in [0.29, 0.717) is 19.1 Å². The summed E-state index contributed by atoms with van der Waals surface area (Å²) in [6.45, 7) is 0.603. The Morgan fingerprint density at radius 1 is 1.00 bits per heavy atom. The van der Waals surface area contributed by atoms with Crippen molar-refractivity contribution in [3.8, 4) is 0 Å². The van der Waals surface area contributed by atoms with Gasteiger partial charge in [-0.1, -0.05) is 0 Å². The van der Waals surface area contributed by atoms with E-state index >= 15 is 0 Å². The number of carbonyl (C=O) groups excluding carboxylic acids is 2. The molecule has 2 saturated carbocycles. The van der Waals surface area contributed by atoms with Crippen LogP contribution in [0.15, 0.2) is 0 Å². The van der Waals surface area contributed by atoms with Gasteiger partial charge in [-0.15, -0.1) is 0 Å². The first kappa shape index (κ1) is 8.41. The van der Waals surface area contributed by atoms with Crippen molar-refractivity contribution < 1.29 is 14.3 Å². The SMILES string of the molecule is O=C1CN(C2CC3CC3C2)CC(=O)O1. The summed E-state index contributed by atoms with van der Waals surface area (Å²) in [6, 6.07) is 0.454. The van der Waals surface area contributed by atoms with Crippen LogP contribution in [0.25, 0.3) is 0 Å². The van der Waals surface area contributed by atoms with E-state index in [2.05, 4.69) is 4.74 Å². The number of nitrogens with zero attached hydrogens (tertiary/aromatic N) is 1. The van der Waals surface area contributed by atoms with Gasteiger partial charge in [0, 0.05) is 6.04 Å². The van der Waals surface area contributed by atoms with Crippen LogP contribution in [0.1, 0.15) is 19.3 Å². The topological polar surface area (TPSA) is 46.6 Å². The van der Waals surface area contributed by atoms with E-state index in [1.54, 1.807) is 0 Å². The lowest BCUT2D eigenvalue weighted by molar-refractivity contribution is -0.168. The minimum absolute atomic E-state index is 0.301. The minimum atomic E-state index is -0.387. The van der Waals surface area contributed by atoms with Crippen molar-refractivity contribution in [2.24, 2.45) is 11.8 Å². The second-order valence-electron chi connectivity index (χ2n) is 4.63. The van der Waals surface area contributed by atoms with Crippen LogP contribution >= 0.6 is 0 Å². The Hall–Kier alpha value is -0.900. The largest absolute Gasteiger partial charge is 0.391 e. The summed E-state index contributed by atoms with van der Waals surface area (Å²) >= 11 is 0. The van der Waals surface area contributed by atoms with Crippen LogP contribution in [0.5, 0.6) is 0 Å². The van der Waals surface area contributed by atoms with Crippen LogP contribution in [-0.2, 0) is 14.3 Å². The van der Waals surface area contributed by atoms with E-state index < -0.39 is 0 Å². The number of ether oxygens (including phenoxy) is 1. The van der Waals surface area contributed by atoms with Gasteiger partial charge in [0.05, 0.1) is 13.1 Å². The van der Waals surface area contributed by atoms with Crippen molar-refractivity contribution in [1.29, 1.82) is 0 Å². The molecule has 0 amide bonds. The first-order valence-corrected chi connectivity index (χ1v) is 5.20. The standard InChI is InChI=1S/C10H13NO3/c12-9-4-11(5-10(13)14-9)8-2-6-1-7(6)3-8/h6-8H,1-5H2. The Balaban J connectivity index is 1.66. The molecule has 4 nitrogen and oxygen atoms in total. The molecular weight excluding hydrogens is 182 g/mol. The first-order chi connectivity index (χ1) is 6.72. The van der Waals surface area contributed by atoms with Crippen LogP contribution in [-0.4, -0.2) is 36.0 Å². The fourth-order valence-electron chi connectivity index (χ4n) is 2.82. The van der Waals surface area contributed by atoms with E-state index in [1.807, 2.05) is 4.90 Å². The number of hydrogen-bond donors (Lipinski definition) is 0. The molecule has 3 aliphatic rings. The van der Waals surface area contributed by atoms with Gasteiger partial charge in [0.25, 0.3) is 0 Å². The zero-order chi connectivity index (χ0) is 9.71. The van der Waals surface area contributed by atoms with E-state index in [4.69, 9.17) is 0 Å². The number of morpholine rings is 1. The van der Waals surface area contributed by atoms with Gasteiger partial charge < -0.3 is 4.74 Å². The van der Waals surface area contributed by atoms with Gasteiger partial charge in [-0.2, -0.15) is 0 Å². The smallest absolute Gasteiger partial charge is 0.327 e. The molecule has 0 spiro atoms. The highest BCUT2D eigenvalue weighted by Gasteiger charge is 2.48. The lowest BCUT2D eigenvalue weighted by Gasteiger charge is -2.30. The highest BCUT2D eigenvalue weighted by atomic mass is 16.6. The molecule has 1 heterocycles. The summed E-state index contributed by atoms with van der Waals surface area (Å²) < 4.78 is 4.49. The molecule has 0 aromatic carbocycles. The van der Waals surface area contributed by atoms with Crippen LogP contribution in [0.4, 0.5) is 0 Å². The van der Waals surface area contributed by atoms with Gasteiger partial charge in [0.15, 0.2) is 0 Å². The van der Waals surface area contributed by atoms with E-state index in [9.17, 15) is 9.59 Å².